The zero-order chi connectivity index (χ0) is 25.8. The van der Waals surface area contributed by atoms with E-state index in [1.54, 1.807) is 52.8 Å². The molecule has 1 fully saturated rings. The monoisotopic (exact) mass is 476 g/mol. The highest BCUT2D eigenvalue weighted by Gasteiger charge is 2.49. The molecule has 0 saturated heterocycles. The van der Waals surface area contributed by atoms with Gasteiger partial charge in [-0.15, -0.1) is 0 Å². The molecule has 0 aliphatic heterocycles. The molecule has 0 heterocycles. The number of rotatable bonds is 9. The second-order valence-corrected chi connectivity index (χ2v) is 10.0. The average molecular weight is 477 g/mol. The van der Waals surface area contributed by atoms with Crippen LogP contribution in [-0.4, -0.2) is 57.5 Å². The van der Waals surface area contributed by atoms with E-state index in [4.69, 9.17) is 10.5 Å². The number of carbonyl (C=O) groups is 4. The minimum absolute atomic E-state index is 0.0832. The summed E-state index contributed by atoms with van der Waals surface area (Å²) in [7, 11) is 0. The van der Waals surface area contributed by atoms with E-state index in [0.29, 0.717) is 6.42 Å². The van der Waals surface area contributed by atoms with Crippen LogP contribution < -0.4 is 16.4 Å². The molecule has 1 aromatic carbocycles. The number of phenols is 1. The Hall–Kier alpha value is -3.30. The topological polar surface area (TPSA) is 151 Å². The number of nitrogens with zero attached hydrogens (tertiary/aromatic N) is 1. The van der Waals surface area contributed by atoms with Crippen molar-refractivity contribution in [1.29, 1.82) is 0 Å². The van der Waals surface area contributed by atoms with E-state index < -0.39 is 47.9 Å². The van der Waals surface area contributed by atoms with Gasteiger partial charge in [0, 0.05) is 17.6 Å². The highest BCUT2D eigenvalue weighted by Crippen LogP contribution is 2.42. The number of phenolic OH excluding ortho intramolecular Hbond substituents is 1. The molecule has 1 aliphatic rings. The molecule has 1 saturated carbocycles. The molecule has 10 nitrogen and oxygen atoms in total. The maximum atomic E-state index is 13.8. The van der Waals surface area contributed by atoms with Gasteiger partial charge >= 0.3 is 6.09 Å². The van der Waals surface area contributed by atoms with E-state index in [0.717, 1.165) is 0 Å². The van der Waals surface area contributed by atoms with Gasteiger partial charge in [-0.25, -0.2) is 4.79 Å². The van der Waals surface area contributed by atoms with E-state index in [1.165, 1.54) is 11.0 Å². The van der Waals surface area contributed by atoms with Crippen molar-refractivity contribution in [2.45, 2.75) is 84.2 Å². The van der Waals surface area contributed by atoms with E-state index in [-0.39, 0.29) is 29.3 Å². The summed E-state index contributed by atoms with van der Waals surface area (Å²) < 4.78 is 5.25. The number of nitrogens with two attached hydrogens (primary N) is 1. The number of benzene rings is 1. The van der Waals surface area contributed by atoms with Gasteiger partial charge in [0.2, 0.25) is 17.7 Å². The van der Waals surface area contributed by atoms with Gasteiger partial charge in [-0.05, 0) is 53.0 Å². The van der Waals surface area contributed by atoms with Crippen molar-refractivity contribution in [3.8, 4) is 5.75 Å². The van der Waals surface area contributed by atoms with Gasteiger partial charge in [-0.1, -0.05) is 25.1 Å². The molecule has 4 atom stereocenters. The number of ether oxygens (including phenoxy) is 1. The fourth-order valence-corrected chi connectivity index (χ4v) is 3.70. The molecule has 1 aromatic rings. The van der Waals surface area contributed by atoms with E-state index in [9.17, 15) is 24.3 Å². The normalized spacial score (nSPS) is 19.0. The molecule has 0 radical (unpaired) electrons. The van der Waals surface area contributed by atoms with Gasteiger partial charge in [0.1, 0.15) is 23.4 Å². The molecule has 0 aromatic heterocycles. The molecule has 0 spiro atoms. The third-order valence-corrected chi connectivity index (χ3v) is 5.26. The summed E-state index contributed by atoms with van der Waals surface area (Å²) in [5.41, 5.74) is 4.78. The van der Waals surface area contributed by atoms with Crippen LogP contribution in [0.25, 0.3) is 0 Å². The predicted octanol–water partition coefficient (Wildman–Crippen LogP) is 1.96. The molecule has 0 bridgehead atoms. The van der Waals surface area contributed by atoms with Crippen LogP contribution in [0, 0.1) is 5.92 Å². The van der Waals surface area contributed by atoms with Gasteiger partial charge in [-0.2, -0.15) is 0 Å². The Morgan fingerprint density at radius 2 is 1.76 bits per heavy atom. The molecule has 4 amide bonds. The van der Waals surface area contributed by atoms with Crippen LogP contribution in [0.5, 0.6) is 5.75 Å². The second kappa shape index (κ2) is 10.8. The molecule has 5 N–H and O–H groups in total. The van der Waals surface area contributed by atoms with Gasteiger partial charge in [0.25, 0.3) is 0 Å². The number of nitrogens with one attached hydrogen (secondary N) is 2. The summed E-state index contributed by atoms with van der Waals surface area (Å²) in [6.45, 7) is 10.5. The summed E-state index contributed by atoms with van der Waals surface area (Å²) in [6, 6.07) is 3.19. The maximum absolute atomic E-state index is 13.8. The second-order valence-electron chi connectivity index (χ2n) is 10.0. The Kier molecular flexibility index (Phi) is 8.52. The Balaban J connectivity index is 2.50. The molecular formula is C24H36N4O6. The number of primary amides is 1. The van der Waals surface area contributed by atoms with Gasteiger partial charge in [0.05, 0.1) is 6.42 Å². The van der Waals surface area contributed by atoms with Crippen LogP contribution in [0.3, 0.4) is 0 Å². The summed E-state index contributed by atoms with van der Waals surface area (Å²) in [6.07, 6.45) is -0.739. The number of para-hydroxylation sites is 1. The third kappa shape index (κ3) is 7.36. The number of carbonyl (C=O) groups excluding carboxylic acids is 4. The Labute approximate surface area is 200 Å². The van der Waals surface area contributed by atoms with Crippen LogP contribution in [0.15, 0.2) is 24.3 Å². The Morgan fingerprint density at radius 3 is 2.24 bits per heavy atom. The Bertz CT molecular complexity index is 926. The van der Waals surface area contributed by atoms with Crippen molar-refractivity contribution in [2.24, 2.45) is 11.7 Å². The third-order valence-electron chi connectivity index (χ3n) is 5.26. The standard InChI is InChI=1S/C24H36N4O6/c1-13(2)26-21(31)20(15-9-7-8-10-18(15)29)28(17-11-14(17)3)22(32)16(12-19(25)30)27-23(33)34-24(4,5)6/h7-10,13-14,16-17,20,29H,11-12H2,1-6H3,(H2,25,30)(H,26,31)(H,27,33). The fourth-order valence-electron chi connectivity index (χ4n) is 3.70. The van der Waals surface area contributed by atoms with Crippen LogP contribution in [0.4, 0.5) is 4.79 Å². The first-order valence-corrected chi connectivity index (χ1v) is 11.4. The Morgan fingerprint density at radius 1 is 1.18 bits per heavy atom. The first-order valence-electron chi connectivity index (χ1n) is 11.4. The predicted molar refractivity (Wildman–Crippen MR) is 126 cm³/mol. The summed E-state index contributed by atoms with van der Waals surface area (Å²) in [5, 5.41) is 15.8. The SMILES string of the molecule is CC(C)NC(=O)C(c1ccccc1O)N(C(=O)C(CC(N)=O)NC(=O)OC(C)(C)C)C1CC1C. The maximum Gasteiger partial charge on any atom is 0.408 e. The van der Waals surface area contributed by atoms with Crippen molar-refractivity contribution in [3.63, 3.8) is 0 Å². The highest BCUT2D eigenvalue weighted by molar-refractivity contribution is 5.95. The van der Waals surface area contributed by atoms with Crippen molar-refractivity contribution < 1.29 is 29.0 Å². The largest absolute Gasteiger partial charge is 0.508 e. The number of alkyl carbamates (subject to hydrolysis) is 1. The number of hydrogen-bond acceptors (Lipinski definition) is 6. The van der Waals surface area contributed by atoms with Crippen LogP contribution in [0.1, 0.15) is 66.0 Å². The van der Waals surface area contributed by atoms with Crippen molar-refractivity contribution >= 4 is 23.8 Å². The summed E-state index contributed by atoms with van der Waals surface area (Å²) >= 11 is 0. The van der Waals surface area contributed by atoms with Crippen LogP contribution in [0.2, 0.25) is 0 Å². The van der Waals surface area contributed by atoms with Crippen molar-refractivity contribution in [2.75, 3.05) is 0 Å². The molecule has 2 rings (SSSR count). The fraction of sp³-hybridized carbons (Fsp3) is 0.583. The minimum atomic E-state index is -1.35. The van der Waals surface area contributed by atoms with Crippen LogP contribution >= 0.6 is 0 Å². The molecule has 10 heteroatoms. The van der Waals surface area contributed by atoms with E-state index in [2.05, 4.69) is 10.6 Å². The zero-order valence-corrected chi connectivity index (χ0v) is 20.6. The van der Waals surface area contributed by atoms with Gasteiger partial charge < -0.3 is 31.1 Å². The first kappa shape index (κ1) is 26.9. The number of hydrogen-bond donors (Lipinski definition) is 4. The number of aromatic hydroxyl groups is 1. The number of amides is 4. The van der Waals surface area contributed by atoms with E-state index in [1.807, 2.05) is 6.92 Å². The minimum Gasteiger partial charge on any atom is -0.508 e. The van der Waals surface area contributed by atoms with Gasteiger partial charge in [0.15, 0.2) is 0 Å². The smallest absolute Gasteiger partial charge is 0.408 e. The first-order chi connectivity index (χ1) is 15.7. The lowest BCUT2D eigenvalue weighted by atomic mass is 10.00. The van der Waals surface area contributed by atoms with Crippen molar-refractivity contribution in [3.05, 3.63) is 29.8 Å². The molecule has 34 heavy (non-hydrogen) atoms. The highest BCUT2D eigenvalue weighted by atomic mass is 16.6. The van der Waals surface area contributed by atoms with E-state index >= 15 is 0 Å². The molecule has 188 valence electrons. The average Bonchev–Trinajstić information content (AvgIpc) is 3.39. The lowest BCUT2D eigenvalue weighted by Crippen LogP contribution is -2.55. The van der Waals surface area contributed by atoms with Crippen LogP contribution in [-0.2, 0) is 19.1 Å². The molecular weight excluding hydrogens is 440 g/mol. The molecule has 4 unspecified atom stereocenters. The van der Waals surface area contributed by atoms with Crippen molar-refractivity contribution in [1.82, 2.24) is 15.5 Å². The zero-order valence-electron chi connectivity index (χ0n) is 20.6. The lowest BCUT2D eigenvalue weighted by Gasteiger charge is -2.35. The lowest BCUT2D eigenvalue weighted by molar-refractivity contribution is -0.144. The summed E-state index contributed by atoms with van der Waals surface area (Å²) in [4.78, 5) is 52.7. The molecule has 1 aliphatic carbocycles. The van der Waals surface area contributed by atoms with Gasteiger partial charge in [-0.3, -0.25) is 14.4 Å². The summed E-state index contributed by atoms with van der Waals surface area (Å²) in [5.74, 6) is -2.02. The quantitative estimate of drug-likeness (QED) is 0.428.